The molecule has 1 aliphatic rings. The molecule has 2 aromatic rings. The third-order valence-electron chi connectivity index (χ3n) is 4.25. The molecule has 0 bridgehead atoms. The highest BCUT2D eigenvalue weighted by molar-refractivity contribution is 5.95. The molecule has 1 saturated carbocycles. The summed E-state index contributed by atoms with van der Waals surface area (Å²) in [6, 6.07) is 11.9. The summed E-state index contributed by atoms with van der Waals surface area (Å²) in [5.41, 5.74) is 1.11. The van der Waals surface area contributed by atoms with Gasteiger partial charge in [-0.1, -0.05) is 18.2 Å². The fraction of sp³-hybridized carbons (Fsp3) is 0.300. The Kier molecular flexibility index (Phi) is 5.95. The van der Waals surface area contributed by atoms with E-state index < -0.39 is 6.36 Å². The average molecular weight is 407 g/mol. The van der Waals surface area contributed by atoms with Crippen molar-refractivity contribution in [2.75, 3.05) is 12.4 Å². The molecule has 0 aromatic heterocycles. The van der Waals surface area contributed by atoms with Crippen LogP contribution in [0.25, 0.3) is 0 Å². The topological polar surface area (TPSA) is 70.7 Å². The first kappa shape index (κ1) is 20.5. The zero-order valence-electron chi connectivity index (χ0n) is 15.6. The number of rotatable bonds is 6. The van der Waals surface area contributed by atoms with Crippen molar-refractivity contribution in [1.29, 1.82) is 0 Å². The van der Waals surface area contributed by atoms with E-state index in [2.05, 4.69) is 15.4 Å². The molecule has 1 aliphatic carbocycles. The van der Waals surface area contributed by atoms with Crippen LogP contribution in [-0.2, 0) is 6.54 Å². The second-order valence-electron chi connectivity index (χ2n) is 6.77. The molecule has 154 valence electrons. The number of halogens is 3. The average Bonchev–Trinajstić information content (AvgIpc) is 3.46. The number of ether oxygens (including phenoxy) is 1. The Labute approximate surface area is 165 Å². The number of anilines is 1. The zero-order chi connectivity index (χ0) is 21.0. The molecule has 0 heterocycles. The van der Waals surface area contributed by atoms with E-state index in [1.807, 2.05) is 0 Å². The van der Waals surface area contributed by atoms with Crippen LogP contribution < -0.4 is 15.4 Å². The van der Waals surface area contributed by atoms with Crippen LogP contribution >= 0.6 is 0 Å². The van der Waals surface area contributed by atoms with Gasteiger partial charge in [-0.2, -0.15) is 0 Å². The smallest absolute Gasteiger partial charge is 0.405 e. The molecule has 0 unspecified atom stereocenters. The fourth-order valence-corrected chi connectivity index (χ4v) is 2.68. The first-order valence-electron chi connectivity index (χ1n) is 8.98. The standard InChI is InChI=1S/C20H20F3N3O3/c1-26(12-14-4-2-3-5-17(14)29-20(21,22)23)18(27)13-6-8-15(9-7-13)24-19(28)25-16-10-11-16/h2-9,16H,10-12H2,1H3,(H2,24,25,28). The number of nitrogens with one attached hydrogen (secondary N) is 2. The van der Waals surface area contributed by atoms with E-state index in [9.17, 15) is 22.8 Å². The molecule has 1 fully saturated rings. The van der Waals surface area contributed by atoms with Crippen molar-refractivity contribution in [3.05, 3.63) is 59.7 Å². The summed E-state index contributed by atoms with van der Waals surface area (Å²) in [6.07, 6.45) is -2.86. The number of carbonyl (C=O) groups excluding carboxylic acids is 2. The third-order valence-corrected chi connectivity index (χ3v) is 4.25. The molecule has 9 heteroatoms. The largest absolute Gasteiger partial charge is 0.573 e. The summed E-state index contributed by atoms with van der Waals surface area (Å²) in [5.74, 6) is -0.721. The lowest BCUT2D eigenvalue weighted by Crippen LogP contribution is -2.30. The molecule has 2 N–H and O–H groups in total. The van der Waals surface area contributed by atoms with Crippen molar-refractivity contribution in [3.63, 3.8) is 0 Å². The normalized spacial score (nSPS) is 13.5. The van der Waals surface area contributed by atoms with Crippen LogP contribution in [0, 0.1) is 0 Å². The minimum atomic E-state index is -4.81. The lowest BCUT2D eigenvalue weighted by Gasteiger charge is -2.20. The van der Waals surface area contributed by atoms with Crippen LogP contribution in [0.4, 0.5) is 23.7 Å². The summed E-state index contributed by atoms with van der Waals surface area (Å²) in [7, 11) is 1.49. The highest BCUT2D eigenvalue weighted by Gasteiger charge is 2.32. The molecule has 0 aliphatic heterocycles. The van der Waals surface area contributed by atoms with Gasteiger partial charge in [-0.25, -0.2) is 4.79 Å². The molecule has 0 spiro atoms. The first-order valence-corrected chi connectivity index (χ1v) is 8.98. The Morgan fingerprint density at radius 1 is 1.10 bits per heavy atom. The summed E-state index contributed by atoms with van der Waals surface area (Å²) in [6.45, 7) is -0.0606. The van der Waals surface area contributed by atoms with E-state index in [-0.39, 0.29) is 35.8 Å². The second kappa shape index (κ2) is 8.42. The van der Waals surface area contributed by atoms with E-state index in [1.165, 1.54) is 30.1 Å². The fourth-order valence-electron chi connectivity index (χ4n) is 2.68. The molecule has 6 nitrogen and oxygen atoms in total. The van der Waals surface area contributed by atoms with Crippen LogP contribution in [-0.4, -0.2) is 36.3 Å². The number of alkyl halides is 3. The first-order chi connectivity index (χ1) is 13.7. The lowest BCUT2D eigenvalue weighted by atomic mass is 10.1. The van der Waals surface area contributed by atoms with Crippen molar-refractivity contribution in [3.8, 4) is 5.75 Å². The Hall–Kier alpha value is -3.23. The van der Waals surface area contributed by atoms with Gasteiger partial charge < -0.3 is 20.3 Å². The number of amides is 3. The molecule has 0 saturated heterocycles. The van der Waals surface area contributed by atoms with Crippen LogP contribution in [0.3, 0.4) is 0 Å². The number of carbonyl (C=O) groups is 2. The number of urea groups is 1. The maximum atomic E-state index is 12.6. The van der Waals surface area contributed by atoms with Gasteiger partial charge in [0.15, 0.2) is 0 Å². The van der Waals surface area contributed by atoms with Crippen LogP contribution in [0.1, 0.15) is 28.8 Å². The van der Waals surface area contributed by atoms with Crippen molar-refractivity contribution in [1.82, 2.24) is 10.2 Å². The van der Waals surface area contributed by atoms with Gasteiger partial charge in [0.1, 0.15) is 5.75 Å². The monoisotopic (exact) mass is 407 g/mol. The summed E-state index contributed by atoms with van der Waals surface area (Å²) >= 11 is 0. The van der Waals surface area contributed by atoms with Crippen LogP contribution in [0.15, 0.2) is 48.5 Å². The molecular formula is C20H20F3N3O3. The Bertz CT molecular complexity index is 881. The predicted octanol–water partition coefficient (Wildman–Crippen LogP) is 4.14. The highest BCUT2D eigenvalue weighted by atomic mass is 19.4. The Balaban J connectivity index is 1.62. The van der Waals surface area contributed by atoms with Gasteiger partial charge in [0, 0.05) is 36.4 Å². The predicted molar refractivity (Wildman–Crippen MR) is 101 cm³/mol. The number of benzene rings is 2. The van der Waals surface area contributed by atoms with Crippen molar-refractivity contribution in [2.24, 2.45) is 0 Å². The van der Waals surface area contributed by atoms with Gasteiger partial charge in [0.25, 0.3) is 5.91 Å². The summed E-state index contributed by atoms with van der Waals surface area (Å²) < 4.78 is 41.7. The maximum absolute atomic E-state index is 12.6. The second-order valence-corrected chi connectivity index (χ2v) is 6.77. The molecule has 3 amide bonds. The van der Waals surface area contributed by atoms with E-state index >= 15 is 0 Å². The Morgan fingerprint density at radius 2 is 1.76 bits per heavy atom. The molecule has 3 rings (SSSR count). The van der Waals surface area contributed by atoms with Crippen LogP contribution in [0.2, 0.25) is 0 Å². The molecule has 0 radical (unpaired) electrons. The number of nitrogens with zero attached hydrogens (tertiary/aromatic N) is 1. The molecule has 2 aromatic carbocycles. The van der Waals surface area contributed by atoms with Gasteiger partial charge in [-0.3, -0.25) is 4.79 Å². The Morgan fingerprint density at radius 3 is 2.38 bits per heavy atom. The van der Waals surface area contributed by atoms with E-state index in [0.29, 0.717) is 11.3 Å². The minimum Gasteiger partial charge on any atom is -0.405 e. The number of hydrogen-bond donors (Lipinski definition) is 2. The molecule has 29 heavy (non-hydrogen) atoms. The molecule has 0 atom stereocenters. The summed E-state index contributed by atoms with van der Waals surface area (Å²) in [5, 5.41) is 5.47. The van der Waals surface area contributed by atoms with Gasteiger partial charge in [-0.05, 0) is 43.2 Å². The number of hydrogen-bond acceptors (Lipinski definition) is 3. The van der Waals surface area contributed by atoms with Gasteiger partial charge in [-0.15, -0.1) is 13.2 Å². The highest BCUT2D eigenvalue weighted by Crippen LogP contribution is 2.27. The van der Waals surface area contributed by atoms with E-state index in [0.717, 1.165) is 12.8 Å². The molecular weight excluding hydrogens is 387 g/mol. The quantitative estimate of drug-likeness (QED) is 0.756. The summed E-state index contributed by atoms with van der Waals surface area (Å²) in [4.78, 5) is 25.6. The van der Waals surface area contributed by atoms with Gasteiger partial charge in [0.2, 0.25) is 0 Å². The zero-order valence-corrected chi connectivity index (χ0v) is 15.6. The maximum Gasteiger partial charge on any atom is 0.573 e. The van der Waals surface area contributed by atoms with Crippen molar-refractivity contribution < 1.29 is 27.5 Å². The van der Waals surface area contributed by atoms with E-state index in [1.54, 1.807) is 30.3 Å². The minimum absolute atomic E-state index is 0.0606. The van der Waals surface area contributed by atoms with Crippen molar-refractivity contribution >= 4 is 17.6 Å². The third kappa shape index (κ3) is 6.13. The van der Waals surface area contributed by atoms with Gasteiger partial charge >= 0.3 is 12.4 Å². The number of para-hydroxylation sites is 1. The van der Waals surface area contributed by atoms with E-state index in [4.69, 9.17) is 0 Å². The SMILES string of the molecule is CN(Cc1ccccc1OC(F)(F)F)C(=O)c1ccc(NC(=O)NC2CC2)cc1. The van der Waals surface area contributed by atoms with Crippen molar-refractivity contribution in [2.45, 2.75) is 31.8 Å². The van der Waals surface area contributed by atoms with Crippen LogP contribution in [0.5, 0.6) is 5.75 Å². The van der Waals surface area contributed by atoms with Gasteiger partial charge in [0.05, 0.1) is 0 Å². The lowest BCUT2D eigenvalue weighted by molar-refractivity contribution is -0.275.